The number of fused-ring (bicyclic) bond motifs is 1. The number of aromatic nitrogens is 3. The Bertz CT molecular complexity index is 884. The lowest BCUT2D eigenvalue weighted by molar-refractivity contribution is 0.124. The summed E-state index contributed by atoms with van der Waals surface area (Å²) in [5, 5.41) is 12.6. The lowest BCUT2D eigenvalue weighted by atomic mass is 10.2. The summed E-state index contributed by atoms with van der Waals surface area (Å²) in [7, 11) is 0. The maximum Gasteiger partial charge on any atom is 0.213 e. The molecule has 3 aromatic heterocycles. The van der Waals surface area contributed by atoms with Crippen LogP contribution in [0.2, 0.25) is 0 Å². The fourth-order valence-corrected chi connectivity index (χ4v) is 2.30. The lowest BCUT2D eigenvalue weighted by Crippen LogP contribution is -2.23. The largest absolute Gasteiger partial charge is 0.472 e. The third-order valence-electron chi connectivity index (χ3n) is 3.30. The van der Waals surface area contributed by atoms with Crippen molar-refractivity contribution in [2.24, 2.45) is 0 Å². The summed E-state index contributed by atoms with van der Waals surface area (Å²) < 4.78 is 7.47. The minimum Gasteiger partial charge on any atom is -0.472 e. The van der Waals surface area contributed by atoms with Crippen molar-refractivity contribution in [3.05, 3.63) is 54.0 Å². The van der Waals surface area contributed by atoms with Gasteiger partial charge in [-0.15, -0.1) is 0 Å². The van der Waals surface area contributed by atoms with Gasteiger partial charge in [-0.3, -0.25) is 4.40 Å². The van der Waals surface area contributed by atoms with Gasteiger partial charge in [-0.25, -0.2) is 9.97 Å². The van der Waals surface area contributed by atoms with Crippen molar-refractivity contribution in [3.8, 4) is 11.9 Å². The van der Waals surface area contributed by atoms with Gasteiger partial charge in [-0.1, -0.05) is 12.1 Å². The first-order valence-corrected chi connectivity index (χ1v) is 7.71. The fraction of sp³-hybridized carbons (Fsp3) is 0.278. The summed E-state index contributed by atoms with van der Waals surface area (Å²) in [4.78, 5) is 8.76. The van der Waals surface area contributed by atoms with Crippen LogP contribution in [0.5, 0.6) is 5.88 Å². The van der Waals surface area contributed by atoms with Gasteiger partial charge in [0.1, 0.15) is 17.3 Å². The molecule has 0 aliphatic rings. The zero-order chi connectivity index (χ0) is 17.2. The van der Waals surface area contributed by atoms with E-state index in [0.717, 1.165) is 11.2 Å². The highest BCUT2D eigenvalue weighted by molar-refractivity contribution is 5.58. The number of ether oxygens (including phenoxy) is 1. The van der Waals surface area contributed by atoms with Gasteiger partial charge in [0, 0.05) is 25.0 Å². The Kier molecular flexibility index (Phi) is 4.09. The second-order valence-corrected chi connectivity index (χ2v) is 6.42. The summed E-state index contributed by atoms with van der Waals surface area (Å²) in [6.45, 7) is 6.48. The van der Waals surface area contributed by atoms with Crippen LogP contribution in [0, 0.1) is 11.3 Å². The number of imidazole rings is 1. The van der Waals surface area contributed by atoms with Gasteiger partial charge >= 0.3 is 0 Å². The summed E-state index contributed by atoms with van der Waals surface area (Å²) in [5.74, 6) is 1.16. The molecule has 0 unspecified atom stereocenters. The molecule has 0 saturated carbocycles. The van der Waals surface area contributed by atoms with Gasteiger partial charge < -0.3 is 10.1 Å². The molecule has 0 saturated heterocycles. The van der Waals surface area contributed by atoms with Crippen LogP contribution in [0.4, 0.5) is 5.82 Å². The number of anilines is 1. The van der Waals surface area contributed by atoms with Crippen molar-refractivity contribution in [2.75, 3.05) is 5.32 Å². The first-order valence-electron chi connectivity index (χ1n) is 7.71. The summed E-state index contributed by atoms with van der Waals surface area (Å²) in [6.07, 6.45) is 3.59. The maximum atomic E-state index is 9.37. The molecule has 122 valence electrons. The molecule has 0 amide bonds. The molecule has 3 aromatic rings. The van der Waals surface area contributed by atoms with E-state index in [9.17, 15) is 5.26 Å². The van der Waals surface area contributed by atoms with Crippen LogP contribution >= 0.6 is 0 Å². The molecule has 24 heavy (non-hydrogen) atoms. The molecule has 0 fully saturated rings. The van der Waals surface area contributed by atoms with Gasteiger partial charge in [0.15, 0.2) is 11.5 Å². The van der Waals surface area contributed by atoms with E-state index in [4.69, 9.17) is 4.74 Å². The molecule has 0 radical (unpaired) electrons. The van der Waals surface area contributed by atoms with Gasteiger partial charge in [-0.2, -0.15) is 5.26 Å². The van der Waals surface area contributed by atoms with Crippen LogP contribution in [0.25, 0.3) is 5.65 Å². The Hall–Kier alpha value is -3.07. The van der Waals surface area contributed by atoms with E-state index < -0.39 is 0 Å². The monoisotopic (exact) mass is 321 g/mol. The van der Waals surface area contributed by atoms with Crippen LogP contribution in [0.3, 0.4) is 0 Å². The van der Waals surface area contributed by atoms with Crippen molar-refractivity contribution in [1.82, 2.24) is 14.4 Å². The highest BCUT2D eigenvalue weighted by Gasteiger charge is 2.13. The highest BCUT2D eigenvalue weighted by Crippen LogP contribution is 2.19. The average Bonchev–Trinajstić information content (AvgIpc) is 2.90. The molecule has 0 spiro atoms. The zero-order valence-electron chi connectivity index (χ0n) is 13.9. The van der Waals surface area contributed by atoms with Crippen LogP contribution < -0.4 is 10.1 Å². The standard InChI is InChI=1S/C18H19N5O/c1-18(2,3)24-16-8-7-13(11-20-16)12-21-17-14(10-19)23-9-5-4-6-15(23)22-17/h4-9,11,21H,12H2,1-3H3. The van der Waals surface area contributed by atoms with Gasteiger partial charge in [-0.05, 0) is 38.5 Å². The molecule has 0 atom stereocenters. The van der Waals surface area contributed by atoms with E-state index >= 15 is 0 Å². The number of pyridine rings is 2. The minimum atomic E-state index is -0.273. The molecule has 0 bridgehead atoms. The zero-order valence-corrected chi connectivity index (χ0v) is 13.9. The molecule has 6 nitrogen and oxygen atoms in total. The van der Waals surface area contributed by atoms with Crippen molar-refractivity contribution in [1.29, 1.82) is 5.26 Å². The van der Waals surface area contributed by atoms with Crippen LogP contribution in [-0.4, -0.2) is 20.0 Å². The first-order chi connectivity index (χ1) is 11.5. The molecule has 0 aliphatic heterocycles. The lowest BCUT2D eigenvalue weighted by Gasteiger charge is -2.20. The van der Waals surface area contributed by atoms with E-state index in [2.05, 4.69) is 21.4 Å². The Morgan fingerprint density at radius 2 is 2.08 bits per heavy atom. The summed E-state index contributed by atoms with van der Waals surface area (Å²) in [6, 6.07) is 11.6. The Morgan fingerprint density at radius 3 is 2.75 bits per heavy atom. The Morgan fingerprint density at radius 1 is 1.25 bits per heavy atom. The molecule has 3 rings (SSSR count). The number of nitrogens with one attached hydrogen (secondary N) is 1. The summed E-state index contributed by atoms with van der Waals surface area (Å²) in [5.41, 5.74) is 1.94. The van der Waals surface area contributed by atoms with Crippen molar-refractivity contribution in [3.63, 3.8) is 0 Å². The van der Waals surface area contributed by atoms with Gasteiger partial charge in [0.25, 0.3) is 0 Å². The predicted octanol–water partition coefficient (Wildman–Crippen LogP) is 3.39. The Balaban J connectivity index is 1.73. The van der Waals surface area contributed by atoms with E-state index in [1.54, 1.807) is 10.6 Å². The Labute approximate surface area is 140 Å². The molecular weight excluding hydrogens is 302 g/mol. The number of hydrogen-bond acceptors (Lipinski definition) is 5. The molecule has 0 aromatic carbocycles. The van der Waals surface area contributed by atoms with Crippen LogP contribution in [0.15, 0.2) is 42.7 Å². The number of nitriles is 1. The smallest absolute Gasteiger partial charge is 0.213 e. The van der Waals surface area contributed by atoms with Crippen LogP contribution in [-0.2, 0) is 6.54 Å². The van der Waals surface area contributed by atoms with Gasteiger partial charge in [0.05, 0.1) is 0 Å². The number of rotatable bonds is 4. The first kappa shape index (κ1) is 15.8. The second-order valence-electron chi connectivity index (χ2n) is 6.42. The van der Waals surface area contributed by atoms with Crippen molar-refractivity contribution >= 4 is 11.5 Å². The van der Waals surface area contributed by atoms with E-state index in [1.807, 2.05) is 57.3 Å². The normalized spacial score (nSPS) is 11.2. The van der Waals surface area contributed by atoms with E-state index in [0.29, 0.717) is 23.9 Å². The molecular formula is C18H19N5O. The van der Waals surface area contributed by atoms with E-state index in [1.165, 1.54) is 0 Å². The number of hydrogen-bond donors (Lipinski definition) is 1. The molecule has 6 heteroatoms. The summed E-state index contributed by atoms with van der Waals surface area (Å²) >= 11 is 0. The minimum absolute atomic E-state index is 0.273. The predicted molar refractivity (Wildman–Crippen MR) is 91.9 cm³/mol. The molecule has 3 heterocycles. The van der Waals surface area contributed by atoms with Crippen LogP contribution in [0.1, 0.15) is 32.0 Å². The van der Waals surface area contributed by atoms with E-state index in [-0.39, 0.29) is 5.60 Å². The number of nitrogens with zero attached hydrogens (tertiary/aromatic N) is 4. The van der Waals surface area contributed by atoms with Crippen molar-refractivity contribution in [2.45, 2.75) is 32.9 Å². The molecule has 0 aliphatic carbocycles. The second kappa shape index (κ2) is 6.20. The third kappa shape index (κ3) is 3.46. The van der Waals surface area contributed by atoms with Crippen molar-refractivity contribution < 1.29 is 4.74 Å². The fourth-order valence-electron chi connectivity index (χ4n) is 2.30. The SMILES string of the molecule is CC(C)(C)Oc1ccc(CNc2nc3ccccn3c2C#N)cn1. The average molecular weight is 321 g/mol. The maximum absolute atomic E-state index is 9.37. The quantitative estimate of drug-likeness (QED) is 0.797. The molecule has 1 N–H and O–H groups in total. The topological polar surface area (TPSA) is 75.2 Å². The highest BCUT2D eigenvalue weighted by atomic mass is 16.5. The van der Waals surface area contributed by atoms with Gasteiger partial charge in [0.2, 0.25) is 5.88 Å². The third-order valence-corrected chi connectivity index (χ3v) is 3.30.